The first-order valence-electron chi connectivity index (χ1n) is 13.5. The van der Waals surface area contributed by atoms with Crippen molar-refractivity contribution >= 4 is 12.2 Å². The Morgan fingerprint density at radius 1 is 1.21 bits per heavy atom. The van der Waals surface area contributed by atoms with Crippen molar-refractivity contribution in [2.45, 2.75) is 74.4 Å². The monoisotopic (exact) mass is 548 g/mol. The second-order valence-electron chi connectivity index (χ2n) is 11.1. The van der Waals surface area contributed by atoms with Gasteiger partial charge in [0.2, 0.25) is 5.88 Å². The lowest BCUT2D eigenvalue weighted by molar-refractivity contribution is -0.169. The Morgan fingerprint density at radius 3 is 2.51 bits per heavy atom. The molecule has 2 saturated carbocycles. The highest BCUT2D eigenvalue weighted by Gasteiger charge is 2.61. The zero-order valence-corrected chi connectivity index (χ0v) is 22.2. The predicted molar refractivity (Wildman–Crippen MR) is 137 cm³/mol. The average molecular weight is 549 g/mol. The molecule has 1 amide bonds. The number of likely N-dealkylation sites (tertiary alicyclic amines) is 1. The van der Waals surface area contributed by atoms with Crippen LogP contribution in [-0.4, -0.2) is 82.6 Å². The number of hydrogen-bond donors (Lipinski definition) is 3. The summed E-state index contributed by atoms with van der Waals surface area (Å²) in [6.45, 7) is 0.422. The molecule has 3 N–H and O–H groups in total. The van der Waals surface area contributed by atoms with Crippen molar-refractivity contribution in [2.24, 2.45) is 5.92 Å². The number of piperidine rings is 1. The molecule has 1 atom stereocenters. The Morgan fingerprint density at radius 2 is 1.95 bits per heavy atom. The van der Waals surface area contributed by atoms with Crippen LogP contribution in [0.3, 0.4) is 0 Å². The highest BCUT2D eigenvalue weighted by atomic mass is 19.3. The lowest BCUT2D eigenvalue weighted by atomic mass is 9.70. The van der Waals surface area contributed by atoms with Crippen LogP contribution in [0.25, 0.3) is 11.3 Å². The van der Waals surface area contributed by atoms with Crippen LogP contribution in [0.15, 0.2) is 18.3 Å². The molecule has 2 aliphatic heterocycles. The highest BCUT2D eigenvalue weighted by Crippen LogP contribution is 2.50. The number of H-pyrrole nitrogens is 1. The van der Waals surface area contributed by atoms with Crippen LogP contribution in [0.1, 0.15) is 61.9 Å². The van der Waals surface area contributed by atoms with Gasteiger partial charge in [-0.2, -0.15) is 5.10 Å². The molecule has 1 unspecified atom stereocenters. The quantitative estimate of drug-likeness (QED) is 0.492. The number of hydrogen-bond acceptors (Lipinski definition) is 7. The van der Waals surface area contributed by atoms with E-state index in [-0.39, 0.29) is 35.4 Å². The van der Waals surface area contributed by atoms with Gasteiger partial charge in [0.25, 0.3) is 11.8 Å². The molecule has 4 aliphatic rings. The summed E-state index contributed by atoms with van der Waals surface area (Å²) in [7, 11) is 3.34. The minimum Gasteiger partial charge on any atom is -0.481 e. The zero-order chi connectivity index (χ0) is 27.8. The molecule has 12 heteroatoms. The lowest BCUT2D eigenvalue weighted by Gasteiger charge is -2.53. The maximum Gasteiger partial charge on any atom is 0.278 e. The number of nitrogens with one attached hydrogen (secondary N) is 3. The predicted octanol–water partition coefficient (Wildman–Crippen LogP) is 3.33. The van der Waals surface area contributed by atoms with Gasteiger partial charge in [0.1, 0.15) is 12.0 Å². The van der Waals surface area contributed by atoms with E-state index in [0.29, 0.717) is 43.2 Å². The largest absolute Gasteiger partial charge is 0.481 e. The molecule has 2 saturated heterocycles. The van der Waals surface area contributed by atoms with Crippen LogP contribution in [0, 0.1) is 11.7 Å². The summed E-state index contributed by atoms with van der Waals surface area (Å²) in [6, 6.07) is 3.42. The molecule has 0 bridgehead atoms. The maximum atomic E-state index is 14.1. The molecule has 2 aromatic heterocycles. The lowest BCUT2D eigenvalue weighted by Crippen LogP contribution is -2.74. The number of aldehydes is 1. The van der Waals surface area contributed by atoms with Crippen molar-refractivity contribution < 1.29 is 27.5 Å². The smallest absolute Gasteiger partial charge is 0.278 e. The number of carbonyl (C=O) groups excluding carboxylic acids is 2. The fourth-order valence-electron chi connectivity index (χ4n) is 6.14. The summed E-state index contributed by atoms with van der Waals surface area (Å²) in [4.78, 5) is 29.7. The fourth-order valence-corrected chi connectivity index (χ4v) is 6.14. The summed E-state index contributed by atoms with van der Waals surface area (Å²) in [6.07, 6.45) is 8.22. The molecule has 0 aromatic carbocycles. The van der Waals surface area contributed by atoms with Crippen molar-refractivity contribution in [3.63, 3.8) is 0 Å². The number of ether oxygens (including phenoxy) is 1. The first kappa shape index (κ1) is 27.6. The molecule has 39 heavy (non-hydrogen) atoms. The number of pyridine rings is 1. The van der Waals surface area contributed by atoms with Gasteiger partial charge in [-0.05, 0) is 64.5 Å². The second kappa shape index (κ2) is 10.5. The van der Waals surface area contributed by atoms with Crippen LogP contribution in [-0.2, 0) is 4.79 Å². The molecule has 2 aliphatic carbocycles. The number of amides is 1. The number of nitrogens with zero attached hydrogens (tertiary/aromatic N) is 3. The molecule has 212 valence electrons. The van der Waals surface area contributed by atoms with Gasteiger partial charge in [-0.3, -0.25) is 9.89 Å². The minimum atomic E-state index is -2.47. The Kier molecular flexibility index (Phi) is 7.45. The number of methoxy groups -OCH3 is 1. The normalized spacial score (nSPS) is 28.3. The minimum absolute atomic E-state index is 0.0252. The molecule has 9 nitrogen and oxygen atoms in total. The Hall–Kier alpha value is -2.99. The van der Waals surface area contributed by atoms with Crippen molar-refractivity contribution in [3.05, 3.63) is 29.8 Å². The summed E-state index contributed by atoms with van der Waals surface area (Å²) < 4.78 is 45.5. The van der Waals surface area contributed by atoms with E-state index in [9.17, 15) is 22.8 Å². The van der Waals surface area contributed by atoms with Crippen molar-refractivity contribution in [3.8, 4) is 17.1 Å². The average Bonchev–Trinajstić information content (AvgIpc) is 3.53. The number of aromatic amines is 1. The maximum absolute atomic E-state index is 14.1. The SMILES string of the molecule is CNC1CCC2(CC1)NCC2(F)F.COc1cc(-c2cc(C(=O)N3CCC(C=O)CC34CC4)[nH]n2)c(F)cn1. The topological polar surface area (TPSA) is 112 Å². The number of halogens is 3. The highest BCUT2D eigenvalue weighted by molar-refractivity contribution is 5.94. The van der Waals surface area contributed by atoms with Crippen LogP contribution in [0.2, 0.25) is 0 Å². The fraction of sp³-hybridized carbons (Fsp3) is 0.630. The Labute approximate surface area is 225 Å². The summed E-state index contributed by atoms with van der Waals surface area (Å²) in [5.74, 6) is -2.87. The van der Waals surface area contributed by atoms with Gasteiger partial charge in [-0.15, -0.1) is 0 Å². The second-order valence-corrected chi connectivity index (χ2v) is 11.1. The van der Waals surface area contributed by atoms with Crippen LogP contribution in [0.4, 0.5) is 13.2 Å². The van der Waals surface area contributed by atoms with Gasteiger partial charge in [0, 0.05) is 35.7 Å². The molecule has 2 spiro atoms. The Bertz CT molecular complexity index is 1210. The van der Waals surface area contributed by atoms with E-state index in [0.717, 1.165) is 44.6 Å². The number of aromatic nitrogens is 3. The molecule has 4 heterocycles. The van der Waals surface area contributed by atoms with E-state index in [1.54, 1.807) is 6.07 Å². The molecular formula is C27H35F3N6O3. The van der Waals surface area contributed by atoms with Gasteiger partial charge in [0.05, 0.1) is 31.1 Å². The third kappa shape index (κ3) is 5.16. The van der Waals surface area contributed by atoms with Gasteiger partial charge in [-0.25, -0.2) is 18.2 Å². The zero-order valence-electron chi connectivity index (χ0n) is 22.2. The van der Waals surface area contributed by atoms with Crippen LogP contribution < -0.4 is 15.4 Å². The first-order chi connectivity index (χ1) is 18.7. The third-order valence-electron chi connectivity index (χ3n) is 8.92. The number of alkyl halides is 2. The van der Waals surface area contributed by atoms with E-state index < -0.39 is 17.3 Å². The summed E-state index contributed by atoms with van der Waals surface area (Å²) in [5, 5.41) is 12.9. The molecule has 4 fully saturated rings. The number of carbonyl (C=O) groups is 2. The van der Waals surface area contributed by atoms with E-state index in [1.807, 2.05) is 11.9 Å². The van der Waals surface area contributed by atoms with E-state index >= 15 is 0 Å². The van der Waals surface area contributed by atoms with Gasteiger partial charge >= 0.3 is 0 Å². The van der Waals surface area contributed by atoms with Gasteiger partial charge in [-0.1, -0.05) is 0 Å². The van der Waals surface area contributed by atoms with E-state index in [4.69, 9.17) is 4.74 Å². The molecule has 2 aromatic rings. The van der Waals surface area contributed by atoms with E-state index in [1.165, 1.54) is 13.2 Å². The van der Waals surface area contributed by atoms with Crippen LogP contribution in [0.5, 0.6) is 5.88 Å². The summed E-state index contributed by atoms with van der Waals surface area (Å²) >= 11 is 0. The standard InChI is InChI=1S/C18H19FN4O3.C9H16F2N2/c1-26-16-6-12(13(19)9-20-16)14-7-15(22-21-14)17(25)23-5-2-11(10-24)8-18(23)3-4-18;1-12-7-2-4-8(5-3-7)9(10,11)6-13-8/h6-7,9-11H,2-5,8H2,1H3,(H,21,22);7,12-13H,2-6H2,1H3. The van der Waals surface area contributed by atoms with E-state index in [2.05, 4.69) is 25.8 Å². The Balaban J connectivity index is 0.000000198. The molecule has 0 radical (unpaired) electrons. The van der Waals surface area contributed by atoms with Crippen molar-refractivity contribution in [1.82, 2.24) is 30.7 Å². The van der Waals surface area contributed by atoms with Crippen LogP contribution >= 0.6 is 0 Å². The van der Waals surface area contributed by atoms with Gasteiger partial charge < -0.3 is 25.1 Å². The summed E-state index contributed by atoms with van der Waals surface area (Å²) in [5.41, 5.74) is -0.198. The molecule has 6 rings (SSSR count). The molecular weight excluding hydrogens is 513 g/mol. The third-order valence-corrected chi connectivity index (χ3v) is 8.92. The van der Waals surface area contributed by atoms with Gasteiger partial charge in [0.15, 0.2) is 5.82 Å². The van der Waals surface area contributed by atoms with Crippen molar-refractivity contribution in [2.75, 3.05) is 27.2 Å². The van der Waals surface area contributed by atoms with Crippen molar-refractivity contribution in [1.29, 1.82) is 0 Å². The number of rotatable bonds is 5. The first-order valence-corrected chi connectivity index (χ1v) is 13.5.